The highest BCUT2D eigenvalue weighted by atomic mass is 79.9. The van der Waals surface area contributed by atoms with E-state index in [9.17, 15) is 9.50 Å². The predicted molar refractivity (Wildman–Crippen MR) is 85.0 cm³/mol. The lowest BCUT2D eigenvalue weighted by atomic mass is 9.89. The second kappa shape index (κ2) is 6.80. The summed E-state index contributed by atoms with van der Waals surface area (Å²) < 4.78 is 15.4. The fourth-order valence-corrected chi connectivity index (χ4v) is 2.77. The van der Waals surface area contributed by atoms with Crippen molar-refractivity contribution in [2.45, 2.75) is 12.0 Å². The fourth-order valence-electron chi connectivity index (χ4n) is 2.12. The second-order valence-electron chi connectivity index (χ2n) is 4.48. The summed E-state index contributed by atoms with van der Waals surface area (Å²) in [6.45, 7) is 0.231. The lowest BCUT2D eigenvalue weighted by molar-refractivity contribution is 0.143. The Kier molecular flexibility index (Phi) is 5.32. The molecular weight excluding hydrogens is 389 g/mol. The maximum Gasteiger partial charge on any atom is 0.143 e. The third kappa shape index (κ3) is 3.28. The van der Waals surface area contributed by atoms with E-state index in [2.05, 4.69) is 31.9 Å². The van der Waals surface area contributed by atoms with Crippen molar-refractivity contribution in [3.05, 3.63) is 68.4 Å². The zero-order chi connectivity index (χ0) is 14.7. The number of halogens is 3. The second-order valence-corrected chi connectivity index (χ2v) is 6.25. The SMILES string of the molecule is NCC(c1ccc(Br)cc1)C(O)c1cccc(Br)c1F. The lowest BCUT2D eigenvalue weighted by Crippen LogP contribution is -2.21. The Morgan fingerprint density at radius 3 is 2.35 bits per heavy atom. The first kappa shape index (κ1) is 15.6. The molecule has 0 aliphatic rings. The van der Waals surface area contributed by atoms with Gasteiger partial charge in [-0.1, -0.05) is 40.2 Å². The van der Waals surface area contributed by atoms with Crippen molar-refractivity contribution in [3.63, 3.8) is 0 Å². The van der Waals surface area contributed by atoms with Crippen LogP contribution in [0.2, 0.25) is 0 Å². The number of benzene rings is 2. The minimum atomic E-state index is -0.987. The molecule has 2 unspecified atom stereocenters. The molecule has 0 bridgehead atoms. The molecular formula is C15H14Br2FNO. The van der Waals surface area contributed by atoms with E-state index in [-0.39, 0.29) is 18.0 Å². The molecule has 0 heterocycles. The van der Waals surface area contributed by atoms with Crippen LogP contribution in [0.25, 0.3) is 0 Å². The molecule has 2 aromatic carbocycles. The van der Waals surface area contributed by atoms with Crippen LogP contribution in [0, 0.1) is 5.82 Å². The maximum absolute atomic E-state index is 14.1. The van der Waals surface area contributed by atoms with Crippen LogP contribution >= 0.6 is 31.9 Å². The Morgan fingerprint density at radius 2 is 1.75 bits per heavy atom. The molecule has 0 radical (unpaired) electrons. The molecule has 0 spiro atoms. The van der Waals surface area contributed by atoms with E-state index in [1.165, 1.54) is 0 Å². The van der Waals surface area contributed by atoms with Crippen LogP contribution in [-0.4, -0.2) is 11.7 Å². The maximum atomic E-state index is 14.1. The molecule has 2 nitrogen and oxygen atoms in total. The van der Waals surface area contributed by atoms with Crippen LogP contribution < -0.4 is 5.73 Å². The number of hydrogen-bond donors (Lipinski definition) is 2. The first-order valence-corrected chi connectivity index (χ1v) is 7.70. The van der Waals surface area contributed by atoms with Crippen molar-refractivity contribution in [2.75, 3.05) is 6.54 Å². The van der Waals surface area contributed by atoms with Gasteiger partial charge in [0.2, 0.25) is 0 Å². The van der Waals surface area contributed by atoms with E-state index in [1.807, 2.05) is 24.3 Å². The van der Waals surface area contributed by atoms with Crippen LogP contribution in [-0.2, 0) is 0 Å². The van der Waals surface area contributed by atoms with E-state index < -0.39 is 11.9 Å². The van der Waals surface area contributed by atoms with Gasteiger partial charge in [0.05, 0.1) is 10.6 Å². The zero-order valence-corrected chi connectivity index (χ0v) is 13.7. The van der Waals surface area contributed by atoms with Crippen molar-refractivity contribution in [3.8, 4) is 0 Å². The third-order valence-corrected chi connectivity index (χ3v) is 4.37. The molecule has 0 saturated heterocycles. The molecule has 106 valence electrons. The van der Waals surface area contributed by atoms with Gasteiger partial charge in [0.1, 0.15) is 5.82 Å². The van der Waals surface area contributed by atoms with E-state index in [0.29, 0.717) is 4.47 Å². The summed E-state index contributed by atoms with van der Waals surface area (Å²) in [4.78, 5) is 0. The predicted octanol–water partition coefficient (Wildman–Crippen LogP) is 4.13. The van der Waals surface area contributed by atoms with Crippen molar-refractivity contribution in [1.82, 2.24) is 0 Å². The standard InChI is InChI=1S/C15H14Br2FNO/c16-10-6-4-9(5-7-10)12(8-19)15(20)11-2-1-3-13(17)14(11)18/h1-7,12,15,20H,8,19H2. The summed E-state index contributed by atoms with van der Waals surface area (Å²) in [6.07, 6.45) is -0.987. The average Bonchev–Trinajstić information content (AvgIpc) is 2.44. The van der Waals surface area contributed by atoms with Crippen LogP contribution in [0.4, 0.5) is 4.39 Å². The van der Waals surface area contributed by atoms with Crippen molar-refractivity contribution >= 4 is 31.9 Å². The van der Waals surface area contributed by atoms with Gasteiger partial charge in [0.25, 0.3) is 0 Å². The Balaban J connectivity index is 2.36. The van der Waals surface area contributed by atoms with Gasteiger partial charge in [-0.15, -0.1) is 0 Å². The molecule has 0 aliphatic carbocycles. The first-order valence-electron chi connectivity index (χ1n) is 6.12. The Hall–Kier alpha value is -0.750. The summed E-state index contributed by atoms with van der Waals surface area (Å²) in [7, 11) is 0. The largest absolute Gasteiger partial charge is 0.388 e. The molecule has 0 aliphatic heterocycles. The Morgan fingerprint density at radius 1 is 1.10 bits per heavy atom. The fraction of sp³-hybridized carbons (Fsp3) is 0.200. The van der Waals surface area contributed by atoms with Crippen molar-refractivity contribution < 1.29 is 9.50 Å². The minimum absolute atomic E-state index is 0.231. The van der Waals surface area contributed by atoms with Gasteiger partial charge in [0.15, 0.2) is 0 Å². The monoisotopic (exact) mass is 401 g/mol. The number of hydrogen-bond acceptors (Lipinski definition) is 2. The molecule has 0 amide bonds. The summed E-state index contributed by atoms with van der Waals surface area (Å²) in [6, 6.07) is 12.4. The van der Waals surface area contributed by atoms with Crippen molar-refractivity contribution in [2.24, 2.45) is 5.73 Å². The van der Waals surface area contributed by atoms with E-state index >= 15 is 0 Å². The topological polar surface area (TPSA) is 46.2 Å². The van der Waals surface area contributed by atoms with E-state index in [0.717, 1.165) is 10.0 Å². The molecule has 2 aromatic rings. The molecule has 2 rings (SSSR count). The molecule has 0 fully saturated rings. The van der Waals surface area contributed by atoms with Crippen LogP contribution in [0.15, 0.2) is 51.4 Å². The summed E-state index contributed by atoms with van der Waals surface area (Å²) in [5.74, 6) is -0.803. The highest BCUT2D eigenvalue weighted by molar-refractivity contribution is 9.10. The first-order chi connectivity index (χ1) is 9.54. The lowest BCUT2D eigenvalue weighted by Gasteiger charge is -2.23. The highest BCUT2D eigenvalue weighted by Crippen LogP contribution is 2.34. The molecule has 20 heavy (non-hydrogen) atoms. The van der Waals surface area contributed by atoms with E-state index in [4.69, 9.17) is 5.73 Å². The minimum Gasteiger partial charge on any atom is -0.388 e. The number of rotatable bonds is 4. The molecule has 3 N–H and O–H groups in total. The molecule has 0 aromatic heterocycles. The average molecular weight is 403 g/mol. The quantitative estimate of drug-likeness (QED) is 0.807. The van der Waals surface area contributed by atoms with Crippen molar-refractivity contribution in [1.29, 1.82) is 0 Å². The molecule has 2 atom stereocenters. The molecule has 5 heteroatoms. The Bertz CT molecular complexity index is 589. The smallest absolute Gasteiger partial charge is 0.143 e. The number of nitrogens with two attached hydrogens (primary N) is 1. The summed E-state index contributed by atoms with van der Waals surface area (Å²) in [5, 5.41) is 10.5. The summed E-state index contributed by atoms with van der Waals surface area (Å²) in [5.41, 5.74) is 6.89. The number of aliphatic hydroxyl groups excluding tert-OH is 1. The van der Waals surface area contributed by atoms with Gasteiger partial charge >= 0.3 is 0 Å². The van der Waals surface area contributed by atoms with Gasteiger partial charge in [-0.05, 0) is 39.7 Å². The summed E-state index contributed by atoms with van der Waals surface area (Å²) >= 11 is 6.49. The normalized spacial score (nSPS) is 14.1. The van der Waals surface area contributed by atoms with Gasteiger partial charge in [0, 0.05) is 22.5 Å². The van der Waals surface area contributed by atoms with Crippen LogP contribution in [0.3, 0.4) is 0 Å². The van der Waals surface area contributed by atoms with Crippen LogP contribution in [0.1, 0.15) is 23.1 Å². The van der Waals surface area contributed by atoms with E-state index in [1.54, 1.807) is 18.2 Å². The molecule has 0 saturated carbocycles. The highest BCUT2D eigenvalue weighted by Gasteiger charge is 2.24. The van der Waals surface area contributed by atoms with Gasteiger partial charge < -0.3 is 10.8 Å². The zero-order valence-electron chi connectivity index (χ0n) is 10.6. The third-order valence-electron chi connectivity index (χ3n) is 3.23. The van der Waals surface area contributed by atoms with Gasteiger partial charge in [-0.2, -0.15) is 0 Å². The number of aliphatic hydroxyl groups is 1. The van der Waals surface area contributed by atoms with Gasteiger partial charge in [-0.25, -0.2) is 4.39 Å². The van der Waals surface area contributed by atoms with Gasteiger partial charge in [-0.3, -0.25) is 0 Å². The Labute approximate surface area is 134 Å². The van der Waals surface area contributed by atoms with Crippen LogP contribution in [0.5, 0.6) is 0 Å².